The van der Waals surface area contributed by atoms with Crippen LogP contribution in [-0.2, 0) is 9.59 Å². The zero-order chi connectivity index (χ0) is 18.6. The van der Waals surface area contributed by atoms with E-state index in [-0.39, 0.29) is 30.3 Å². The Labute approximate surface area is 155 Å². The highest BCUT2D eigenvalue weighted by Crippen LogP contribution is 2.21. The lowest BCUT2D eigenvalue weighted by molar-refractivity contribution is -0.140. The minimum Gasteiger partial charge on any atom is -0.376 e. The maximum atomic E-state index is 12.4. The lowest BCUT2D eigenvalue weighted by atomic mass is 9.95. The number of amides is 2. The Balaban J connectivity index is 1.82. The van der Waals surface area contributed by atoms with E-state index < -0.39 is 0 Å². The first kappa shape index (κ1) is 19.6. The molecule has 0 spiro atoms. The number of benzene rings is 1. The van der Waals surface area contributed by atoms with Crippen molar-refractivity contribution < 1.29 is 9.59 Å². The van der Waals surface area contributed by atoms with Gasteiger partial charge < -0.3 is 15.1 Å². The molecule has 6 heteroatoms. The molecule has 1 heterocycles. The van der Waals surface area contributed by atoms with Crippen molar-refractivity contribution in [1.29, 1.82) is 0 Å². The van der Waals surface area contributed by atoms with Crippen LogP contribution in [-0.4, -0.2) is 54.3 Å². The van der Waals surface area contributed by atoms with Gasteiger partial charge in [0.05, 0.1) is 6.54 Å². The number of hydrogen-bond acceptors (Lipinski definition) is 3. The fourth-order valence-corrected chi connectivity index (χ4v) is 3.25. The van der Waals surface area contributed by atoms with Crippen molar-refractivity contribution in [2.45, 2.75) is 39.7 Å². The molecule has 1 aromatic rings. The highest BCUT2D eigenvalue weighted by Gasteiger charge is 2.29. The molecule has 1 saturated heterocycles. The molecule has 0 radical (unpaired) electrons. The molecule has 1 aromatic carbocycles. The summed E-state index contributed by atoms with van der Waals surface area (Å²) in [5.41, 5.74) is 1.93. The Morgan fingerprint density at radius 1 is 1.32 bits per heavy atom. The first-order valence-electron chi connectivity index (χ1n) is 8.84. The number of hydrogen-bond donors (Lipinski definition) is 1. The molecular formula is C19H28ClN3O2. The number of anilines is 1. The first-order chi connectivity index (χ1) is 11.8. The summed E-state index contributed by atoms with van der Waals surface area (Å²) < 4.78 is 0. The topological polar surface area (TPSA) is 52.7 Å². The van der Waals surface area contributed by atoms with Gasteiger partial charge in [-0.3, -0.25) is 9.59 Å². The molecule has 1 fully saturated rings. The van der Waals surface area contributed by atoms with Gasteiger partial charge in [0.15, 0.2) is 0 Å². The van der Waals surface area contributed by atoms with Gasteiger partial charge in [0, 0.05) is 42.8 Å². The maximum Gasteiger partial charge on any atom is 0.241 e. The smallest absolute Gasteiger partial charge is 0.241 e. The van der Waals surface area contributed by atoms with Crippen molar-refractivity contribution in [3.8, 4) is 0 Å². The van der Waals surface area contributed by atoms with Crippen LogP contribution in [0.15, 0.2) is 18.2 Å². The molecular weight excluding hydrogens is 338 g/mol. The predicted molar refractivity (Wildman–Crippen MR) is 102 cm³/mol. The molecule has 0 aromatic heterocycles. The van der Waals surface area contributed by atoms with Crippen molar-refractivity contribution in [2.75, 3.05) is 32.0 Å². The molecule has 0 atom stereocenters. The Hall–Kier alpha value is -1.75. The second-order valence-electron chi connectivity index (χ2n) is 7.01. The predicted octanol–water partition coefficient (Wildman–Crippen LogP) is 3.17. The summed E-state index contributed by atoms with van der Waals surface area (Å²) in [6.45, 7) is 7.53. The van der Waals surface area contributed by atoms with Gasteiger partial charge in [-0.15, -0.1) is 0 Å². The second kappa shape index (κ2) is 8.56. The van der Waals surface area contributed by atoms with Gasteiger partial charge >= 0.3 is 0 Å². The Morgan fingerprint density at radius 3 is 2.52 bits per heavy atom. The van der Waals surface area contributed by atoms with Crippen LogP contribution in [0.25, 0.3) is 0 Å². The maximum absolute atomic E-state index is 12.4. The number of nitrogens with one attached hydrogen (secondary N) is 1. The fourth-order valence-electron chi connectivity index (χ4n) is 3.03. The van der Waals surface area contributed by atoms with Gasteiger partial charge in [-0.1, -0.05) is 11.6 Å². The summed E-state index contributed by atoms with van der Waals surface area (Å²) in [7, 11) is 1.85. The molecule has 5 nitrogen and oxygen atoms in total. The van der Waals surface area contributed by atoms with E-state index in [2.05, 4.69) is 5.32 Å². The van der Waals surface area contributed by atoms with Crippen LogP contribution < -0.4 is 5.32 Å². The minimum absolute atomic E-state index is 0.0305. The third-order valence-corrected chi connectivity index (χ3v) is 5.17. The lowest BCUT2D eigenvalue weighted by Gasteiger charge is -2.34. The van der Waals surface area contributed by atoms with Crippen LogP contribution in [0.3, 0.4) is 0 Å². The monoisotopic (exact) mass is 365 g/mol. The van der Waals surface area contributed by atoms with Gasteiger partial charge in [0.1, 0.15) is 0 Å². The SMILES string of the molecule is Cc1cc(Cl)ccc1NCC(=O)N1CCC(C(=O)N(C)C(C)C)CC1. The minimum atomic E-state index is 0.0305. The van der Waals surface area contributed by atoms with E-state index in [9.17, 15) is 9.59 Å². The molecule has 0 unspecified atom stereocenters. The molecule has 1 aliphatic rings. The summed E-state index contributed by atoms with van der Waals surface area (Å²) in [5.74, 6) is 0.289. The van der Waals surface area contributed by atoms with Gasteiger partial charge in [0.25, 0.3) is 0 Å². The van der Waals surface area contributed by atoms with E-state index in [1.807, 2.05) is 50.9 Å². The zero-order valence-electron chi connectivity index (χ0n) is 15.5. The molecule has 1 aliphatic heterocycles. The Morgan fingerprint density at radius 2 is 1.96 bits per heavy atom. The van der Waals surface area contributed by atoms with Crippen molar-refractivity contribution in [3.05, 3.63) is 28.8 Å². The average molecular weight is 366 g/mol. The molecule has 0 bridgehead atoms. The fraction of sp³-hybridized carbons (Fsp3) is 0.579. The van der Waals surface area contributed by atoms with E-state index >= 15 is 0 Å². The van der Waals surface area contributed by atoms with Crippen LogP contribution in [0.2, 0.25) is 5.02 Å². The van der Waals surface area contributed by atoms with Crippen LogP contribution in [0, 0.1) is 12.8 Å². The zero-order valence-corrected chi connectivity index (χ0v) is 16.3. The highest BCUT2D eigenvalue weighted by molar-refractivity contribution is 6.30. The number of likely N-dealkylation sites (tertiary alicyclic amines) is 1. The van der Waals surface area contributed by atoms with Gasteiger partial charge in [0.2, 0.25) is 11.8 Å². The average Bonchev–Trinajstić information content (AvgIpc) is 2.59. The van der Waals surface area contributed by atoms with Crippen molar-refractivity contribution in [3.63, 3.8) is 0 Å². The summed E-state index contributed by atoms with van der Waals surface area (Å²) in [6.07, 6.45) is 1.48. The van der Waals surface area contributed by atoms with Crippen LogP contribution in [0.4, 0.5) is 5.69 Å². The normalized spacial score (nSPS) is 15.4. The quantitative estimate of drug-likeness (QED) is 0.872. The molecule has 0 saturated carbocycles. The first-order valence-corrected chi connectivity index (χ1v) is 9.22. The lowest BCUT2D eigenvalue weighted by Crippen LogP contribution is -2.46. The summed E-state index contributed by atoms with van der Waals surface area (Å²) in [4.78, 5) is 28.4. The Bertz CT molecular complexity index is 625. The van der Waals surface area contributed by atoms with Crippen LogP contribution >= 0.6 is 11.6 Å². The molecule has 0 aliphatic carbocycles. The molecule has 2 amide bonds. The van der Waals surface area contributed by atoms with Gasteiger partial charge in [-0.25, -0.2) is 0 Å². The van der Waals surface area contributed by atoms with Gasteiger partial charge in [-0.2, -0.15) is 0 Å². The third-order valence-electron chi connectivity index (χ3n) is 4.94. The van der Waals surface area contributed by atoms with E-state index in [0.29, 0.717) is 18.1 Å². The number of carbonyl (C=O) groups excluding carboxylic acids is 2. The molecule has 25 heavy (non-hydrogen) atoms. The number of nitrogens with zero attached hydrogens (tertiary/aromatic N) is 2. The highest BCUT2D eigenvalue weighted by atomic mass is 35.5. The van der Waals surface area contributed by atoms with E-state index in [0.717, 1.165) is 24.1 Å². The number of rotatable bonds is 5. The molecule has 2 rings (SSSR count). The van der Waals surface area contributed by atoms with Crippen molar-refractivity contribution in [1.82, 2.24) is 9.80 Å². The molecule has 1 N–H and O–H groups in total. The third kappa shape index (κ3) is 5.11. The summed E-state index contributed by atoms with van der Waals surface area (Å²) in [6, 6.07) is 5.77. The number of halogens is 1. The standard InChI is InChI=1S/C19H28ClN3O2/c1-13(2)22(4)19(25)15-7-9-23(10-8-15)18(24)12-21-17-6-5-16(20)11-14(17)3/h5-6,11,13,15,21H,7-10,12H2,1-4H3. The van der Waals surface area contributed by atoms with Crippen LogP contribution in [0.1, 0.15) is 32.3 Å². The number of piperidine rings is 1. The summed E-state index contributed by atoms with van der Waals surface area (Å²) >= 11 is 5.95. The number of carbonyl (C=O) groups is 2. The Kier molecular flexibility index (Phi) is 6.71. The van der Waals surface area contributed by atoms with E-state index in [1.165, 1.54) is 0 Å². The number of aryl methyl sites for hydroxylation is 1. The van der Waals surface area contributed by atoms with Crippen molar-refractivity contribution >= 4 is 29.1 Å². The summed E-state index contributed by atoms with van der Waals surface area (Å²) in [5, 5.41) is 3.87. The van der Waals surface area contributed by atoms with E-state index in [4.69, 9.17) is 11.6 Å². The van der Waals surface area contributed by atoms with Crippen LogP contribution in [0.5, 0.6) is 0 Å². The van der Waals surface area contributed by atoms with Crippen molar-refractivity contribution in [2.24, 2.45) is 5.92 Å². The molecule has 138 valence electrons. The van der Waals surface area contributed by atoms with Gasteiger partial charge in [-0.05, 0) is 57.4 Å². The van der Waals surface area contributed by atoms with E-state index in [1.54, 1.807) is 4.90 Å². The largest absolute Gasteiger partial charge is 0.376 e. The second-order valence-corrected chi connectivity index (χ2v) is 7.45.